The van der Waals surface area contributed by atoms with E-state index in [9.17, 15) is 9.00 Å². The normalized spacial score (nSPS) is 16.7. The molecular formula is C27H28N6O2S2. The van der Waals surface area contributed by atoms with Crippen LogP contribution in [0, 0.1) is 0 Å². The third kappa shape index (κ3) is 4.84. The van der Waals surface area contributed by atoms with E-state index in [1.54, 1.807) is 6.20 Å². The van der Waals surface area contributed by atoms with Gasteiger partial charge in [0.25, 0.3) is 0 Å². The number of carbonyl (C=O) groups is 1. The monoisotopic (exact) mass is 532 g/mol. The maximum Gasteiger partial charge on any atom is 0.223 e. The Kier molecular flexibility index (Phi) is 6.18. The molecule has 0 spiro atoms. The molecular weight excluding hydrogens is 504 g/mol. The number of hydrogen-bond acceptors (Lipinski definition) is 7. The first kappa shape index (κ1) is 24.0. The molecule has 3 aromatic heterocycles. The smallest absolute Gasteiger partial charge is 0.223 e. The number of rotatable bonds is 5. The van der Waals surface area contributed by atoms with Crippen LogP contribution in [-0.4, -0.2) is 65.2 Å². The van der Waals surface area contributed by atoms with Crippen LogP contribution in [0.15, 0.2) is 48.8 Å². The maximum atomic E-state index is 12.2. The molecule has 4 heterocycles. The number of pyridine rings is 1. The van der Waals surface area contributed by atoms with Gasteiger partial charge in [-0.3, -0.25) is 18.9 Å². The second kappa shape index (κ2) is 9.51. The largest absolute Gasteiger partial charge is 0.302 e. The summed E-state index contributed by atoms with van der Waals surface area (Å²) in [5.41, 5.74) is 7.28. The SMILES string of the molecule is C=S1(=O)CCN(Cc2ccc(-n3nc(-c4cccnc4)c4c3-c3sc(NC(C)=O)nc3CC4)cc2)CC1. The molecule has 4 aromatic rings. The summed E-state index contributed by atoms with van der Waals surface area (Å²) in [5, 5.41) is 8.54. The number of nitrogens with one attached hydrogen (secondary N) is 1. The Morgan fingerprint density at radius 2 is 1.95 bits per heavy atom. The number of carbonyl (C=O) groups excluding carboxylic acids is 1. The number of aryl methyl sites for hydroxylation is 1. The number of fused-ring (bicyclic) bond motifs is 3. The van der Waals surface area contributed by atoms with Gasteiger partial charge in [0, 0.05) is 61.6 Å². The molecule has 37 heavy (non-hydrogen) atoms. The minimum Gasteiger partial charge on any atom is -0.302 e. The zero-order chi connectivity index (χ0) is 25.6. The molecule has 1 aliphatic heterocycles. The van der Waals surface area contributed by atoms with E-state index in [1.165, 1.54) is 29.4 Å². The van der Waals surface area contributed by atoms with Gasteiger partial charge < -0.3 is 5.32 Å². The number of aromatic nitrogens is 4. The zero-order valence-electron chi connectivity index (χ0n) is 20.6. The van der Waals surface area contributed by atoms with Gasteiger partial charge in [0.2, 0.25) is 5.91 Å². The van der Waals surface area contributed by atoms with Gasteiger partial charge in [0.1, 0.15) is 0 Å². The summed E-state index contributed by atoms with van der Waals surface area (Å²) in [6.45, 7) is 3.96. The van der Waals surface area contributed by atoms with E-state index in [0.717, 1.165) is 65.7 Å². The topological polar surface area (TPSA) is 93.0 Å². The highest BCUT2D eigenvalue weighted by atomic mass is 32.2. The number of nitrogens with zero attached hydrogens (tertiary/aromatic N) is 5. The third-order valence-corrected chi connectivity index (χ3v) is 9.74. The van der Waals surface area contributed by atoms with Crippen LogP contribution < -0.4 is 5.32 Å². The quantitative estimate of drug-likeness (QED) is 0.395. The Morgan fingerprint density at radius 3 is 2.65 bits per heavy atom. The highest BCUT2D eigenvalue weighted by Crippen LogP contribution is 2.44. The average Bonchev–Trinajstić information content (AvgIpc) is 3.47. The van der Waals surface area contributed by atoms with Crippen LogP contribution in [0.5, 0.6) is 0 Å². The Hall–Kier alpha value is -3.34. The van der Waals surface area contributed by atoms with Crippen LogP contribution >= 0.6 is 11.3 Å². The fourth-order valence-electron chi connectivity index (χ4n) is 4.96. The van der Waals surface area contributed by atoms with E-state index in [0.29, 0.717) is 16.6 Å². The summed E-state index contributed by atoms with van der Waals surface area (Å²) in [4.78, 5) is 24.1. The predicted molar refractivity (Wildman–Crippen MR) is 150 cm³/mol. The lowest BCUT2D eigenvalue weighted by Gasteiger charge is -2.28. The lowest BCUT2D eigenvalue weighted by molar-refractivity contribution is -0.114. The van der Waals surface area contributed by atoms with Crippen LogP contribution in [-0.2, 0) is 33.7 Å². The Labute approximate surface area is 220 Å². The predicted octanol–water partition coefficient (Wildman–Crippen LogP) is 3.65. The first-order valence-electron chi connectivity index (χ1n) is 12.3. The molecule has 2 aliphatic rings. The number of anilines is 1. The molecule has 1 saturated heterocycles. The summed E-state index contributed by atoms with van der Waals surface area (Å²) in [6.07, 6.45) is 5.23. The van der Waals surface area contributed by atoms with Crippen molar-refractivity contribution in [3.8, 4) is 27.5 Å². The van der Waals surface area contributed by atoms with Gasteiger partial charge in [0.15, 0.2) is 5.13 Å². The van der Waals surface area contributed by atoms with Crippen molar-refractivity contribution in [1.29, 1.82) is 0 Å². The second-order valence-corrected chi connectivity index (χ2v) is 13.4. The van der Waals surface area contributed by atoms with Crippen molar-refractivity contribution < 1.29 is 9.00 Å². The van der Waals surface area contributed by atoms with Gasteiger partial charge in [-0.2, -0.15) is 5.10 Å². The molecule has 190 valence electrons. The lowest BCUT2D eigenvalue weighted by Crippen LogP contribution is -2.39. The summed E-state index contributed by atoms with van der Waals surface area (Å²) >= 11 is 1.50. The van der Waals surface area contributed by atoms with Gasteiger partial charge in [0.05, 0.1) is 27.6 Å². The molecule has 0 bridgehead atoms. The molecule has 10 heteroatoms. The van der Waals surface area contributed by atoms with E-state index in [1.807, 2.05) is 23.0 Å². The molecule has 0 atom stereocenters. The van der Waals surface area contributed by atoms with Gasteiger partial charge in [-0.25, -0.2) is 9.67 Å². The molecule has 1 aromatic carbocycles. The van der Waals surface area contributed by atoms with Crippen LogP contribution in [0.25, 0.3) is 27.5 Å². The van der Waals surface area contributed by atoms with Crippen LogP contribution in [0.1, 0.15) is 23.7 Å². The first-order chi connectivity index (χ1) is 17.9. The molecule has 0 radical (unpaired) electrons. The van der Waals surface area contributed by atoms with Crippen molar-refractivity contribution in [2.45, 2.75) is 26.3 Å². The Morgan fingerprint density at radius 1 is 1.16 bits per heavy atom. The third-order valence-electron chi connectivity index (χ3n) is 6.87. The van der Waals surface area contributed by atoms with Crippen molar-refractivity contribution >= 4 is 37.8 Å². The Bertz CT molecular complexity index is 1560. The number of thiazole rings is 1. The second-order valence-electron chi connectivity index (χ2n) is 9.62. The minimum absolute atomic E-state index is 0.127. The van der Waals surface area contributed by atoms with Crippen molar-refractivity contribution in [3.63, 3.8) is 0 Å². The summed E-state index contributed by atoms with van der Waals surface area (Å²) in [5.74, 6) is 5.07. The summed E-state index contributed by atoms with van der Waals surface area (Å²) in [6, 6.07) is 12.5. The highest BCUT2D eigenvalue weighted by molar-refractivity contribution is 8.00. The summed E-state index contributed by atoms with van der Waals surface area (Å²) < 4.78 is 14.2. The molecule has 1 aliphatic carbocycles. The first-order valence-corrected chi connectivity index (χ1v) is 15.2. The standard InChI is InChI=1S/C27H28N6O2S2/c1-18(34)29-27-30-23-10-9-22-24(20-4-3-11-28-16-20)31-33(25(22)26(23)36-27)21-7-5-19(6-8-21)17-32-12-14-37(2,35)15-13-32/h3-8,11,16H,2,9-10,12-15,17H2,1H3,(H,29,30,34). The van der Waals surface area contributed by atoms with E-state index in [-0.39, 0.29) is 5.91 Å². The van der Waals surface area contributed by atoms with Crippen molar-refractivity contribution in [2.75, 3.05) is 29.9 Å². The maximum absolute atomic E-state index is 12.2. The Balaban J connectivity index is 1.37. The summed E-state index contributed by atoms with van der Waals surface area (Å²) in [7, 11) is -1.89. The van der Waals surface area contributed by atoms with Crippen LogP contribution in [0.3, 0.4) is 0 Å². The van der Waals surface area contributed by atoms with Crippen molar-refractivity contribution in [2.24, 2.45) is 0 Å². The zero-order valence-corrected chi connectivity index (χ0v) is 22.3. The average molecular weight is 533 g/mol. The van der Waals surface area contributed by atoms with Crippen LogP contribution in [0.4, 0.5) is 5.13 Å². The van der Waals surface area contributed by atoms with Crippen molar-refractivity contribution in [3.05, 3.63) is 65.6 Å². The molecule has 0 unspecified atom stereocenters. The molecule has 8 nitrogen and oxygen atoms in total. The van der Waals surface area contributed by atoms with E-state index in [2.05, 4.69) is 45.3 Å². The number of amides is 1. The number of benzene rings is 1. The fourth-order valence-corrected chi connectivity index (χ4v) is 7.46. The number of hydrogen-bond donors (Lipinski definition) is 1. The van der Waals surface area contributed by atoms with Gasteiger partial charge in [-0.15, -0.1) is 0 Å². The van der Waals surface area contributed by atoms with Crippen LogP contribution in [0.2, 0.25) is 0 Å². The molecule has 1 amide bonds. The molecule has 1 N–H and O–H groups in total. The van der Waals surface area contributed by atoms with Crippen molar-refractivity contribution in [1.82, 2.24) is 24.6 Å². The fraction of sp³-hybridized carbons (Fsp3) is 0.296. The van der Waals surface area contributed by atoms with Gasteiger partial charge in [-0.05, 0) is 58.1 Å². The highest BCUT2D eigenvalue weighted by Gasteiger charge is 2.30. The molecule has 1 fully saturated rings. The van der Waals surface area contributed by atoms with Gasteiger partial charge >= 0.3 is 0 Å². The molecule has 6 rings (SSSR count). The van der Waals surface area contributed by atoms with Gasteiger partial charge in [-0.1, -0.05) is 23.5 Å². The van der Waals surface area contributed by atoms with E-state index >= 15 is 0 Å². The molecule has 0 saturated carbocycles. The van der Waals surface area contributed by atoms with E-state index in [4.69, 9.17) is 10.1 Å². The minimum atomic E-state index is -1.89. The lowest BCUT2D eigenvalue weighted by atomic mass is 9.95. The van der Waals surface area contributed by atoms with E-state index < -0.39 is 9.52 Å².